The van der Waals surface area contributed by atoms with E-state index in [-0.39, 0.29) is 11.1 Å². The standard InChI is InChI=1S/C15H5F7N4/c16-10-3-7(1-2-9(10)14(17,18)19)11-4-12(15(20,21)22)26-13(25-11)8(5-23)6-24-26/h1-4,6H. The highest BCUT2D eigenvalue weighted by atomic mass is 19.4. The van der Waals surface area contributed by atoms with Crippen LogP contribution in [0.25, 0.3) is 16.9 Å². The second-order valence-electron chi connectivity index (χ2n) is 5.12. The summed E-state index contributed by atoms with van der Waals surface area (Å²) in [4.78, 5) is 3.81. The van der Waals surface area contributed by atoms with E-state index in [1.54, 1.807) is 6.07 Å². The molecule has 11 heteroatoms. The highest BCUT2D eigenvalue weighted by molar-refractivity contribution is 5.66. The largest absolute Gasteiger partial charge is 0.433 e. The van der Waals surface area contributed by atoms with E-state index in [0.29, 0.717) is 22.7 Å². The summed E-state index contributed by atoms with van der Waals surface area (Å²) in [5, 5.41) is 12.4. The van der Waals surface area contributed by atoms with Gasteiger partial charge in [0.05, 0.1) is 17.5 Å². The lowest BCUT2D eigenvalue weighted by Gasteiger charge is -2.12. The van der Waals surface area contributed by atoms with E-state index in [1.165, 1.54) is 0 Å². The first kappa shape index (κ1) is 17.7. The Morgan fingerprint density at radius 3 is 2.23 bits per heavy atom. The van der Waals surface area contributed by atoms with Gasteiger partial charge in [-0.2, -0.15) is 36.7 Å². The van der Waals surface area contributed by atoms with Crippen molar-refractivity contribution in [2.75, 3.05) is 0 Å². The van der Waals surface area contributed by atoms with Crippen LogP contribution in [0, 0.1) is 17.1 Å². The topological polar surface area (TPSA) is 54.0 Å². The number of nitrogens with zero attached hydrogens (tertiary/aromatic N) is 4. The first-order chi connectivity index (χ1) is 12.0. The summed E-state index contributed by atoms with van der Waals surface area (Å²) < 4.78 is 91.7. The fraction of sp³-hybridized carbons (Fsp3) is 0.133. The molecule has 4 nitrogen and oxygen atoms in total. The van der Waals surface area contributed by atoms with Crippen molar-refractivity contribution in [3.8, 4) is 17.3 Å². The molecule has 0 unspecified atom stereocenters. The number of alkyl halides is 6. The van der Waals surface area contributed by atoms with E-state index in [9.17, 15) is 30.7 Å². The van der Waals surface area contributed by atoms with Crippen molar-refractivity contribution in [1.29, 1.82) is 5.26 Å². The Labute approximate surface area is 140 Å². The zero-order chi connectivity index (χ0) is 19.3. The van der Waals surface area contributed by atoms with Crippen LogP contribution in [0.1, 0.15) is 16.8 Å². The van der Waals surface area contributed by atoms with Crippen molar-refractivity contribution in [2.45, 2.75) is 12.4 Å². The lowest BCUT2D eigenvalue weighted by Crippen LogP contribution is -2.14. The van der Waals surface area contributed by atoms with Gasteiger partial charge < -0.3 is 0 Å². The molecule has 2 heterocycles. The predicted molar refractivity (Wildman–Crippen MR) is 73.1 cm³/mol. The third-order valence-electron chi connectivity index (χ3n) is 3.45. The van der Waals surface area contributed by atoms with Crippen LogP contribution in [0.15, 0.2) is 30.5 Å². The van der Waals surface area contributed by atoms with Gasteiger partial charge in [0.1, 0.15) is 17.4 Å². The summed E-state index contributed by atoms with van der Waals surface area (Å²) in [6.45, 7) is 0. The number of rotatable bonds is 1. The maximum absolute atomic E-state index is 13.7. The minimum absolute atomic E-state index is 0.273. The number of halogens is 7. The van der Waals surface area contributed by atoms with Crippen molar-refractivity contribution in [2.24, 2.45) is 0 Å². The van der Waals surface area contributed by atoms with Gasteiger partial charge in [0.15, 0.2) is 11.3 Å². The fourth-order valence-electron chi connectivity index (χ4n) is 2.30. The molecule has 0 saturated heterocycles. The van der Waals surface area contributed by atoms with Crippen molar-refractivity contribution in [3.63, 3.8) is 0 Å². The smallest absolute Gasteiger partial charge is 0.227 e. The Balaban J connectivity index is 2.26. The molecule has 0 saturated carbocycles. The van der Waals surface area contributed by atoms with Crippen LogP contribution >= 0.6 is 0 Å². The van der Waals surface area contributed by atoms with E-state index in [2.05, 4.69) is 10.1 Å². The fourth-order valence-corrected chi connectivity index (χ4v) is 2.30. The van der Waals surface area contributed by atoms with Gasteiger partial charge in [0, 0.05) is 5.56 Å². The van der Waals surface area contributed by atoms with E-state index >= 15 is 0 Å². The van der Waals surface area contributed by atoms with Gasteiger partial charge in [-0.15, -0.1) is 0 Å². The van der Waals surface area contributed by atoms with E-state index < -0.39 is 40.8 Å². The molecule has 0 radical (unpaired) electrons. The molecule has 26 heavy (non-hydrogen) atoms. The minimum Gasteiger partial charge on any atom is -0.227 e. The van der Waals surface area contributed by atoms with Gasteiger partial charge >= 0.3 is 12.4 Å². The van der Waals surface area contributed by atoms with Gasteiger partial charge in [-0.1, -0.05) is 6.07 Å². The Morgan fingerprint density at radius 2 is 1.69 bits per heavy atom. The molecule has 3 aromatic rings. The number of hydrogen-bond acceptors (Lipinski definition) is 3. The zero-order valence-corrected chi connectivity index (χ0v) is 12.3. The molecule has 0 spiro atoms. The summed E-state index contributed by atoms with van der Waals surface area (Å²) in [6, 6.07) is 3.77. The molecule has 0 aliphatic carbocycles. The molecular formula is C15H5F7N4. The summed E-state index contributed by atoms with van der Waals surface area (Å²) in [5.74, 6) is -1.65. The second-order valence-corrected chi connectivity index (χ2v) is 5.12. The first-order valence-corrected chi connectivity index (χ1v) is 6.75. The minimum atomic E-state index is -4.95. The van der Waals surface area contributed by atoms with Crippen molar-refractivity contribution >= 4 is 5.65 Å². The van der Waals surface area contributed by atoms with Crippen LogP contribution in [-0.4, -0.2) is 14.6 Å². The van der Waals surface area contributed by atoms with E-state index in [4.69, 9.17) is 5.26 Å². The van der Waals surface area contributed by atoms with Gasteiger partial charge in [0.2, 0.25) is 0 Å². The molecule has 2 aromatic heterocycles. The van der Waals surface area contributed by atoms with Crippen LogP contribution < -0.4 is 0 Å². The number of hydrogen-bond donors (Lipinski definition) is 0. The van der Waals surface area contributed by atoms with Crippen molar-refractivity contribution in [1.82, 2.24) is 14.6 Å². The quantitative estimate of drug-likeness (QED) is 0.592. The molecule has 0 amide bonds. The maximum atomic E-state index is 13.7. The molecule has 0 N–H and O–H groups in total. The molecular weight excluding hydrogens is 369 g/mol. The number of aromatic nitrogens is 3. The van der Waals surface area contributed by atoms with E-state index in [0.717, 1.165) is 12.3 Å². The van der Waals surface area contributed by atoms with Crippen molar-refractivity contribution < 1.29 is 30.7 Å². The molecule has 134 valence electrons. The predicted octanol–water partition coefficient (Wildman–Crippen LogP) is 4.44. The molecule has 3 rings (SSSR count). The summed E-state index contributed by atoms with van der Waals surface area (Å²) in [6.07, 6.45) is -8.97. The van der Waals surface area contributed by atoms with Gasteiger partial charge in [-0.3, -0.25) is 0 Å². The SMILES string of the molecule is N#Cc1cnn2c(C(F)(F)F)cc(-c3ccc(C(F)(F)F)c(F)c3)nc12. The second kappa shape index (κ2) is 5.69. The third-order valence-corrected chi connectivity index (χ3v) is 3.45. The van der Waals surface area contributed by atoms with Gasteiger partial charge in [-0.05, 0) is 18.2 Å². The maximum Gasteiger partial charge on any atom is 0.433 e. The Kier molecular flexibility index (Phi) is 3.86. The van der Waals surface area contributed by atoms with Gasteiger partial charge in [-0.25, -0.2) is 13.9 Å². The lowest BCUT2D eigenvalue weighted by molar-refractivity contribution is -0.142. The first-order valence-electron chi connectivity index (χ1n) is 6.75. The monoisotopic (exact) mass is 374 g/mol. The average Bonchev–Trinajstić information content (AvgIpc) is 2.94. The third kappa shape index (κ3) is 2.94. The average molecular weight is 374 g/mol. The van der Waals surface area contributed by atoms with Crippen LogP contribution in [-0.2, 0) is 12.4 Å². The summed E-state index contributed by atoms with van der Waals surface area (Å²) in [5.41, 5.74) is -4.34. The van der Waals surface area contributed by atoms with E-state index in [1.807, 2.05) is 0 Å². The Hall–Kier alpha value is -3.16. The van der Waals surface area contributed by atoms with Crippen LogP contribution in [0.3, 0.4) is 0 Å². The number of nitriles is 1. The Morgan fingerprint density at radius 1 is 1.00 bits per heavy atom. The highest BCUT2D eigenvalue weighted by Crippen LogP contribution is 2.35. The molecule has 0 bridgehead atoms. The molecule has 0 aliphatic rings. The van der Waals surface area contributed by atoms with Crippen molar-refractivity contribution in [3.05, 3.63) is 53.1 Å². The lowest BCUT2D eigenvalue weighted by atomic mass is 10.1. The Bertz CT molecular complexity index is 1040. The van der Waals surface area contributed by atoms with Crippen LogP contribution in [0.4, 0.5) is 30.7 Å². The molecule has 0 fully saturated rings. The van der Waals surface area contributed by atoms with Crippen LogP contribution in [0.2, 0.25) is 0 Å². The number of benzene rings is 1. The number of fused-ring (bicyclic) bond motifs is 1. The van der Waals surface area contributed by atoms with Gasteiger partial charge in [0.25, 0.3) is 0 Å². The molecule has 0 aliphatic heterocycles. The highest BCUT2D eigenvalue weighted by Gasteiger charge is 2.36. The van der Waals surface area contributed by atoms with Crippen LogP contribution in [0.5, 0.6) is 0 Å². The summed E-state index contributed by atoms with van der Waals surface area (Å²) >= 11 is 0. The normalized spacial score (nSPS) is 12.4. The summed E-state index contributed by atoms with van der Waals surface area (Å²) in [7, 11) is 0. The molecule has 1 aromatic carbocycles. The zero-order valence-electron chi connectivity index (χ0n) is 12.3. The molecule has 0 atom stereocenters.